The summed E-state index contributed by atoms with van der Waals surface area (Å²) >= 11 is 1.54. The van der Waals surface area contributed by atoms with Gasteiger partial charge in [-0.25, -0.2) is 4.98 Å². The Bertz CT molecular complexity index is 1110. The summed E-state index contributed by atoms with van der Waals surface area (Å²) in [5.41, 5.74) is 4.52. The number of pyridine rings is 1. The van der Waals surface area contributed by atoms with Crippen LogP contribution in [-0.4, -0.2) is 25.7 Å². The lowest BCUT2D eigenvalue weighted by Gasteiger charge is -2.20. The maximum absolute atomic E-state index is 13.5. The number of aromatic nitrogens is 4. The normalized spacial score (nSPS) is 11.1. The van der Waals surface area contributed by atoms with Gasteiger partial charge in [0.15, 0.2) is 5.13 Å². The second-order valence-electron chi connectivity index (χ2n) is 6.67. The number of nitrogens with zero attached hydrogens (tertiary/aromatic N) is 5. The number of hydrogen-bond acceptors (Lipinski definition) is 5. The van der Waals surface area contributed by atoms with E-state index < -0.39 is 0 Å². The lowest BCUT2D eigenvalue weighted by atomic mass is 10.1. The number of carbonyl (C=O) groups excluding carboxylic acids is 1. The smallest absolute Gasteiger partial charge is 0.278 e. The first-order valence-electron chi connectivity index (χ1n) is 9.16. The first-order chi connectivity index (χ1) is 13.6. The van der Waals surface area contributed by atoms with Gasteiger partial charge in [-0.2, -0.15) is 5.10 Å². The molecule has 0 fully saturated rings. The molecular formula is C21H21N5OS. The minimum absolute atomic E-state index is 0.113. The number of fused-ring (bicyclic) bond motifs is 1. The van der Waals surface area contributed by atoms with Gasteiger partial charge in [-0.15, -0.1) is 0 Å². The maximum atomic E-state index is 13.5. The largest absolute Gasteiger partial charge is 0.278 e. The highest BCUT2D eigenvalue weighted by Crippen LogP contribution is 2.33. The minimum atomic E-state index is -0.113. The molecule has 0 N–H and O–H groups in total. The molecule has 0 atom stereocenters. The maximum Gasteiger partial charge on any atom is 0.278 e. The van der Waals surface area contributed by atoms with Crippen LogP contribution in [0.15, 0.2) is 48.9 Å². The first kappa shape index (κ1) is 18.3. The summed E-state index contributed by atoms with van der Waals surface area (Å²) in [7, 11) is 1.79. The molecule has 3 heterocycles. The van der Waals surface area contributed by atoms with Crippen LogP contribution in [0.25, 0.3) is 10.2 Å². The van der Waals surface area contributed by atoms with Crippen LogP contribution >= 0.6 is 11.3 Å². The van der Waals surface area contributed by atoms with E-state index in [1.54, 1.807) is 35.2 Å². The Morgan fingerprint density at radius 3 is 2.75 bits per heavy atom. The highest BCUT2D eigenvalue weighted by Gasteiger charge is 2.26. The molecule has 0 saturated heterocycles. The van der Waals surface area contributed by atoms with E-state index in [9.17, 15) is 4.79 Å². The van der Waals surface area contributed by atoms with Crippen molar-refractivity contribution >= 4 is 32.6 Å². The van der Waals surface area contributed by atoms with Crippen molar-refractivity contribution in [2.24, 2.45) is 7.05 Å². The topological polar surface area (TPSA) is 63.9 Å². The van der Waals surface area contributed by atoms with E-state index in [0.717, 1.165) is 27.8 Å². The molecule has 4 rings (SSSR count). The summed E-state index contributed by atoms with van der Waals surface area (Å²) in [5.74, 6) is -0.113. The standard InChI is InChI=1S/C21H21N5OS/c1-4-16-8-5-9-17-18(16)24-21(28-17)26(13-15-7-6-10-22-12-15)20(27)19-14(2)11-23-25(19)3/h5-12H,4,13H2,1-3H3. The molecule has 0 aliphatic heterocycles. The Morgan fingerprint density at radius 2 is 2.07 bits per heavy atom. The average molecular weight is 392 g/mol. The van der Waals surface area contributed by atoms with Gasteiger partial charge in [0.2, 0.25) is 0 Å². The molecule has 142 valence electrons. The van der Waals surface area contributed by atoms with Crippen LogP contribution in [-0.2, 0) is 20.0 Å². The Kier molecular flexibility index (Phi) is 4.92. The molecule has 4 aromatic rings. The number of para-hydroxylation sites is 1. The van der Waals surface area contributed by atoms with Gasteiger partial charge in [0.25, 0.3) is 5.91 Å². The Balaban J connectivity index is 1.82. The third-order valence-corrected chi connectivity index (χ3v) is 5.78. The zero-order valence-electron chi connectivity index (χ0n) is 16.1. The van der Waals surface area contributed by atoms with Crippen LogP contribution in [0.4, 0.5) is 5.13 Å². The molecule has 7 heteroatoms. The van der Waals surface area contributed by atoms with Gasteiger partial charge >= 0.3 is 0 Å². The van der Waals surface area contributed by atoms with Crippen molar-refractivity contribution in [3.05, 3.63) is 71.3 Å². The number of hydrogen-bond donors (Lipinski definition) is 0. The fourth-order valence-corrected chi connectivity index (χ4v) is 4.29. The average Bonchev–Trinajstić information content (AvgIpc) is 3.29. The van der Waals surface area contributed by atoms with Gasteiger partial charge in [-0.1, -0.05) is 36.5 Å². The quantitative estimate of drug-likeness (QED) is 0.513. The van der Waals surface area contributed by atoms with Crippen LogP contribution in [0.5, 0.6) is 0 Å². The highest BCUT2D eigenvalue weighted by molar-refractivity contribution is 7.22. The Labute approximate surface area is 167 Å². The molecule has 0 saturated carbocycles. The molecule has 28 heavy (non-hydrogen) atoms. The van der Waals surface area contributed by atoms with Gasteiger partial charge < -0.3 is 0 Å². The molecule has 0 aliphatic rings. The summed E-state index contributed by atoms with van der Waals surface area (Å²) in [6.45, 7) is 4.42. The molecule has 0 unspecified atom stereocenters. The summed E-state index contributed by atoms with van der Waals surface area (Å²) in [4.78, 5) is 24.3. The first-order valence-corrected chi connectivity index (χ1v) is 9.98. The van der Waals surface area contributed by atoms with Gasteiger partial charge in [0.1, 0.15) is 5.69 Å². The molecular weight excluding hydrogens is 370 g/mol. The number of rotatable bonds is 5. The lowest BCUT2D eigenvalue weighted by Crippen LogP contribution is -2.32. The molecule has 6 nitrogen and oxygen atoms in total. The second-order valence-corrected chi connectivity index (χ2v) is 7.68. The van der Waals surface area contributed by atoms with Crippen LogP contribution in [0.3, 0.4) is 0 Å². The van der Waals surface area contributed by atoms with Crippen molar-refractivity contribution < 1.29 is 4.79 Å². The van der Waals surface area contributed by atoms with Gasteiger partial charge in [-0.3, -0.25) is 19.4 Å². The third-order valence-electron chi connectivity index (χ3n) is 4.74. The molecule has 3 aromatic heterocycles. The number of thiazole rings is 1. The van der Waals surface area contributed by atoms with E-state index in [0.29, 0.717) is 17.4 Å². The van der Waals surface area contributed by atoms with E-state index in [4.69, 9.17) is 4.98 Å². The zero-order valence-corrected chi connectivity index (χ0v) is 16.9. The van der Waals surface area contributed by atoms with Crippen LogP contribution in [0.2, 0.25) is 0 Å². The molecule has 0 aliphatic carbocycles. The second kappa shape index (κ2) is 7.52. The summed E-state index contributed by atoms with van der Waals surface area (Å²) in [6, 6.07) is 10.0. The summed E-state index contributed by atoms with van der Waals surface area (Å²) < 4.78 is 2.71. The molecule has 1 aromatic carbocycles. The van der Waals surface area contributed by atoms with Crippen molar-refractivity contribution in [1.82, 2.24) is 19.7 Å². The van der Waals surface area contributed by atoms with Gasteiger partial charge in [0, 0.05) is 19.4 Å². The van der Waals surface area contributed by atoms with E-state index >= 15 is 0 Å². The van der Waals surface area contributed by atoms with Crippen molar-refractivity contribution in [3.8, 4) is 0 Å². The molecule has 1 amide bonds. The summed E-state index contributed by atoms with van der Waals surface area (Å²) in [5, 5.41) is 4.92. The number of carbonyl (C=O) groups is 1. The highest BCUT2D eigenvalue weighted by atomic mass is 32.1. The fourth-order valence-electron chi connectivity index (χ4n) is 3.28. The van der Waals surface area contributed by atoms with Gasteiger partial charge in [-0.05, 0) is 42.2 Å². The van der Waals surface area contributed by atoms with E-state index in [-0.39, 0.29) is 5.91 Å². The minimum Gasteiger partial charge on any atom is -0.278 e. The molecule has 0 spiro atoms. The van der Waals surface area contributed by atoms with E-state index in [2.05, 4.69) is 29.1 Å². The van der Waals surface area contributed by atoms with E-state index in [1.165, 1.54) is 16.9 Å². The van der Waals surface area contributed by atoms with Crippen LogP contribution in [0.1, 0.15) is 34.1 Å². The van der Waals surface area contributed by atoms with E-state index in [1.807, 2.05) is 25.1 Å². The number of benzene rings is 1. The van der Waals surface area contributed by atoms with Gasteiger partial charge in [0.05, 0.1) is 23.0 Å². The zero-order chi connectivity index (χ0) is 19.7. The summed E-state index contributed by atoms with van der Waals surface area (Å²) in [6.07, 6.45) is 6.12. The monoisotopic (exact) mass is 391 g/mol. The van der Waals surface area contributed by atoms with Crippen LogP contribution in [0, 0.1) is 6.92 Å². The third kappa shape index (κ3) is 3.29. The Morgan fingerprint density at radius 1 is 1.21 bits per heavy atom. The van der Waals surface area contributed by atoms with Crippen molar-refractivity contribution in [3.63, 3.8) is 0 Å². The number of anilines is 1. The number of aryl methyl sites for hydroxylation is 3. The lowest BCUT2D eigenvalue weighted by molar-refractivity contribution is 0.0975. The van der Waals surface area contributed by atoms with Crippen LogP contribution < -0.4 is 4.90 Å². The fraction of sp³-hybridized carbons (Fsp3) is 0.238. The predicted octanol–water partition coefficient (Wildman–Crippen LogP) is 4.14. The predicted molar refractivity (Wildman–Crippen MR) is 112 cm³/mol. The molecule has 0 radical (unpaired) electrons. The SMILES string of the molecule is CCc1cccc2sc(N(Cc3cccnc3)C(=O)c3c(C)cnn3C)nc12. The number of amides is 1. The van der Waals surface area contributed by atoms with Crippen molar-refractivity contribution in [1.29, 1.82) is 0 Å². The molecule has 0 bridgehead atoms. The Hall–Kier alpha value is -3.06. The van der Waals surface area contributed by atoms with Crippen molar-refractivity contribution in [2.75, 3.05) is 4.90 Å². The van der Waals surface area contributed by atoms with Crippen molar-refractivity contribution in [2.45, 2.75) is 26.8 Å².